The summed E-state index contributed by atoms with van der Waals surface area (Å²) in [5.74, 6) is -1.78. The van der Waals surface area contributed by atoms with Gasteiger partial charge in [-0.3, -0.25) is 0 Å². The molecule has 220 valence electrons. The number of ether oxygens (including phenoxy) is 2. The lowest BCUT2D eigenvalue weighted by Crippen LogP contribution is -2.20. The fourth-order valence-corrected chi connectivity index (χ4v) is 5.55. The second-order valence-corrected chi connectivity index (χ2v) is 11.2. The van der Waals surface area contributed by atoms with Crippen LogP contribution >= 0.6 is 0 Å². The largest absolute Gasteiger partial charge is 0.490 e. The van der Waals surface area contributed by atoms with Gasteiger partial charge >= 0.3 is 0 Å². The van der Waals surface area contributed by atoms with Crippen molar-refractivity contribution >= 4 is 0 Å². The van der Waals surface area contributed by atoms with E-state index in [0.29, 0.717) is 35.8 Å². The highest BCUT2D eigenvalue weighted by Gasteiger charge is 2.23. The van der Waals surface area contributed by atoms with Crippen LogP contribution in [0.4, 0.5) is 13.2 Å². The average molecular weight is 565 g/mol. The number of benzene rings is 3. The topological polar surface area (TPSA) is 18.5 Å². The third-order valence-corrected chi connectivity index (χ3v) is 8.07. The number of hydrogen-bond acceptors (Lipinski definition) is 2. The molecule has 2 atom stereocenters. The van der Waals surface area contributed by atoms with Gasteiger partial charge in [0, 0.05) is 11.1 Å². The predicted octanol–water partition coefficient (Wildman–Crippen LogP) is 11.0. The van der Waals surface area contributed by atoms with Gasteiger partial charge in [0.2, 0.25) is 5.82 Å². The van der Waals surface area contributed by atoms with Crippen LogP contribution in [0.5, 0.6) is 5.75 Å². The fourth-order valence-electron chi connectivity index (χ4n) is 5.55. The zero-order valence-electron chi connectivity index (χ0n) is 24.3. The Morgan fingerprint density at radius 1 is 0.829 bits per heavy atom. The van der Waals surface area contributed by atoms with E-state index in [1.807, 2.05) is 12.1 Å². The van der Waals surface area contributed by atoms with Gasteiger partial charge in [0.15, 0.2) is 11.6 Å². The van der Waals surface area contributed by atoms with Crippen LogP contribution in [0, 0.1) is 23.4 Å². The molecule has 0 aromatic heterocycles. The Morgan fingerprint density at radius 2 is 1.51 bits per heavy atom. The lowest BCUT2D eigenvalue weighted by atomic mass is 9.91. The number of hydrogen-bond donors (Lipinski definition) is 0. The molecule has 41 heavy (non-hydrogen) atoms. The Morgan fingerprint density at radius 3 is 2.17 bits per heavy atom. The molecule has 0 N–H and O–H groups in total. The third-order valence-electron chi connectivity index (χ3n) is 8.07. The van der Waals surface area contributed by atoms with E-state index in [4.69, 9.17) is 9.47 Å². The maximum Gasteiger partial charge on any atom is 0.201 e. The Bertz CT molecular complexity index is 1250. The first-order valence-electron chi connectivity index (χ1n) is 15.2. The summed E-state index contributed by atoms with van der Waals surface area (Å²) in [6, 6.07) is 15.1. The lowest BCUT2D eigenvalue weighted by Gasteiger charge is -2.29. The standard InChI is InChI=1S/C36H43F3O2/c1-3-5-7-8-9-10-11-23-40-34-22-20-31(35(38)36(34)39)28-16-14-27(15-17-28)30-19-18-29(24-32(30)37)33-21-13-26(25-41-33)12-6-4-2/h4,14-20,22,24,26,33H,2-3,5-13,21,23,25H2,1H3. The van der Waals surface area contributed by atoms with Gasteiger partial charge in [-0.15, -0.1) is 6.58 Å². The van der Waals surface area contributed by atoms with Crippen molar-refractivity contribution in [2.45, 2.75) is 83.7 Å². The van der Waals surface area contributed by atoms with E-state index in [1.54, 1.807) is 36.4 Å². The molecule has 1 fully saturated rings. The van der Waals surface area contributed by atoms with Crippen LogP contribution in [-0.2, 0) is 4.74 Å². The lowest BCUT2D eigenvalue weighted by molar-refractivity contribution is -0.0191. The van der Waals surface area contributed by atoms with E-state index in [2.05, 4.69) is 13.5 Å². The van der Waals surface area contributed by atoms with Gasteiger partial charge in [0.25, 0.3) is 0 Å². The molecule has 2 unspecified atom stereocenters. The van der Waals surface area contributed by atoms with E-state index in [0.717, 1.165) is 50.5 Å². The molecule has 1 saturated heterocycles. The quantitative estimate of drug-likeness (QED) is 0.135. The van der Waals surface area contributed by atoms with Crippen LogP contribution < -0.4 is 4.74 Å². The summed E-state index contributed by atoms with van der Waals surface area (Å²) in [5, 5.41) is 0. The first-order valence-corrected chi connectivity index (χ1v) is 15.2. The summed E-state index contributed by atoms with van der Waals surface area (Å²) in [4.78, 5) is 0. The highest BCUT2D eigenvalue weighted by Crippen LogP contribution is 2.36. The van der Waals surface area contributed by atoms with Crippen molar-refractivity contribution in [3.05, 3.63) is 90.3 Å². The fraction of sp³-hybridized carbons (Fsp3) is 0.444. The van der Waals surface area contributed by atoms with Gasteiger partial charge in [0.05, 0.1) is 19.3 Å². The van der Waals surface area contributed by atoms with Crippen LogP contribution in [0.2, 0.25) is 0 Å². The van der Waals surface area contributed by atoms with Crippen LogP contribution in [0.3, 0.4) is 0 Å². The maximum atomic E-state index is 15.1. The summed E-state index contributed by atoms with van der Waals surface area (Å²) in [6.07, 6.45) is 13.7. The van der Waals surface area contributed by atoms with Crippen molar-refractivity contribution in [3.63, 3.8) is 0 Å². The Hall–Kier alpha value is -3.05. The molecule has 0 aliphatic carbocycles. The van der Waals surface area contributed by atoms with E-state index < -0.39 is 11.6 Å². The van der Waals surface area contributed by atoms with Crippen molar-refractivity contribution in [1.82, 2.24) is 0 Å². The number of halogens is 3. The normalized spacial score (nSPS) is 17.0. The molecular weight excluding hydrogens is 521 g/mol. The van der Waals surface area contributed by atoms with Crippen molar-refractivity contribution in [1.29, 1.82) is 0 Å². The molecular formula is C36H43F3O2. The zero-order chi connectivity index (χ0) is 29.0. The molecule has 1 heterocycles. The smallest absolute Gasteiger partial charge is 0.201 e. The molecule has 2 nitrogen and oxygen atoms in total. The minimum Gasteiger partial charge on any atom is -0.490 e. The van der Waals surface area contributed by atoms with Gasteiger partial charge in [-0.05, 0) is 72.9 Å². The van der Waals surface area contributed by atoms with Gasteiger partial charge < -0.3 is 9.47 Å². The molecule has 3 aromatic rings. The highest BCUT2D eigenvalue weighted by molar-refractivity contribution is 5.71. The van der Waals surface area contributed by atoms with Crippen molar-refractivity contribution < 1.29 is 22.6 Å². The monoisotopic (exact) mass is 564 g/mol. The van der Waals surface area contributed by atoms with Crippen LogP contribution in [0.1, 0.15) is 89.2 Å². The molecule has 1 aliphatic rings. The zero-order valence-corrected chi connectivity index (χ0v) is 24.3. The summed E-state index contributed by atoms with van der Waals surface area (Å²) in [7, 11) is 0. The number of rotatable bonds is 15. The van der Waals surface area contributed by atoms with Gasteiger partial charge in [-0.1, -0.05) is 87.9 Å². The van der Waals surface area contributed by atoms with E-state index in [9.17, 15) is 8.78 Å². The molecule has 0 amide bonds. The molecule has 0 radical (unpaired) electrons. The molecule has 1 aliphatic heterocycles. The molecule has 0 saturated carbocycles. The van der Waals surface area contributed by atoms with E-state index >= 15 is 4.39 Å². The second-order valence-electron chi connectivity index (χ2n) is 11.2. The molecule has 4 rings (SSSR count). The van der Waals surface area contributed by atoms with Crippen molar-refractivity contribution in [2.75, 3.05) is 13.2 Å². The minimum absolute atomic E-state index is 0.0646. The Balaban J connectivity index is 1.34. The second kappa shape index (κ2) is 15.8. The highest BCUT2D eigenvalue weighted by atomic mass is 19.2. The Kier molecular flexibility index (Phi) is 11.9. The van der Waals surface area contributed by atoms with E-state index in [-0.39, 0.29) is 23.2 Å². The van der Waals surface area contributed by atoms with Crippen LogP contribution in [0.15, 0.2) is 67.3 Å². The molecule has 0 bridgehead atoms. The first kappa shape index (κ1) is 30.9. The van der Waals surface area contributed by atoms with Gasteiger partial charge in [-0.25, -0.2) is 8.78 Å². The van der Waals surface area contributed by atoms with Crippen LogP contribution in [0.25, 0.3) is 22.3 Å². The van der Waals surface area contributed by atoms with Crippen LogP contribution in [-0.4, -0.2) is 13.2 Å². The third kappa shape index (κ3) is 8.48. The van der Waals surface area contributed by atoms with Gasteiger partial charge in [-0.2, -0.15) is 4.39 Å². The first-order chi connectivity index (χ1) is 20.0. The maximum absolute atomic E-state index is 15.1. The summed E-state index contributed by atoms with van der Waals surface area (Å²) in [6.45, 7) is 7.03. The van der Waals surface area contributed by atoms with Crippen molar-refractivity contribution in [2.24, 2.45) is 5.92 Å². The Labute approximate surface area is 243 Å². The molecule has 0 spiro atoms. The molecule has 5 heteroatoms. The summed E-state index contributed by atoms with van der Waals surface area (Å²) >= 11 is 0. The SMILES string of the molecule is C=CCCC1CCC(c2ccc(-c3ccc(-c4ccc(OCCCCCCCCC)c(F)c4F)cc3)c(F)c2)OC1. The summed E-state index contributed by atoms with van der Waals surface area (Å²) < 4.78 is 56.4. The summed E-state index contributed by atoms with van der Waals surface area (Å²) in [5.41, 5.74) is 2.64. The average Bonchev–Trinajstić information content (AvgIpc) is 3.00. The van der Waals surface area contributed by atoms with Crippen molar-refractivity contribution in [3.8, 4) is 28.0 Å². The number of unbranched alkanes of at least 4 members (excludes halogenated alkanes) is 6. The minimum atomic E-state index is -0.979. The van der Waals surface area contributed by atoms with E-state index in [1.165, 1.54) is 37.8 Å². The van der Waals surface area contributed by atoms with Gasteiger partial charge in [0.1, 0.15) is 5.82 Å². The number of allylic oxidation sites excluding steroid dienone is 1. The predicted molar refractivity (Wildman–Crippen MR) is 162 cm³/mol. The molecule has 3 aromatic carbocycles.